The Balaban J connectivity index is 0.000000132. The Hall–Kier alpha value is -17.2. The number of benzene rings is 18. The maximum absolute atomic E-state index is 7.09. The van der Waals surface area contributed by atoms with Crippen LogP contribution in [-0.2, 0) is 0 Å². The fourth-order valence-electron chi connectivity index (χ4n) is 19.9. The summed E-state index contributed by atoms with van der Waals surface area (Å²) in [7, 11) is 0. The molecule has 10 aromatic heterocycles. The molecule has 128 heavy (non-hydrogen) atoms. The first-order valence-corrected chi connectivity index (χ1v) is 43.7. The largest absolute Gasteiger partial charge is 0.454 e. The van der Waals surface area contributed by atoms with Gasteiger partial charge in [0.15, 0.2) is 51.7 Å². The molecule has 0 aliphatic heterocycles. The van der Waals surface area contributed by atoms with Gasteiger partial charge < -0.3 is 31.5 Å². The highest BCUT2D eigenvalue weighted by Crippen LogP contribution is 2.49. The van der Waals surface area contributed by atoms with Crippen LogP contribution in [0.4, 0.5) is 0 Å². The van der Waals surface area contributed by atoms with E-state index in [1.54, 1.807) is 11.3 Å². The van der Waals surface area contributed by atoms with Crippen molar-refractivity contribution in [3.05, 3.63) is 400 Å². The Labute approximate surface area is 732 Å². The van der Waals surface area contributed by atoms with Crippen LogP contribution in [-0.4, -0.2) is 48.2 Å². The minimum atomic E-state index is 0.549. The molecule has 28 aromatic rings. The molecule has 596 valence electrons. The number of para-hydroxylation sites is 8. The summed E-state index contributed by atoms with van der Waals surface area (Å²) in [5.74, 6) is 3.71. The predicted molar refractivity (Wildman–Crippen MR) is 524 cm³/mol. The fourth-order valence-corrected chi connectivity index (χ4v) is 21.2. The van der Waals surface area contributed by atoms with Crippen molar-refractivity contribution in [2.45, 2.75) is 0 Å². The predicted octanol–water partition coefficient (Wildman–Crippen LogP) is 30.2. The first kappa shape index (κ1) is 71.4. The Morgan fingerprint density at radius 3 is 0.977 bits per heavy atom. The van der Waals surface area contributed by atoms with Crippen molar-refractivity contribution in [1.82, 2.24) is 48.2 Å². The van der Waals surface area contributed by atoms with Crippen LogP contribution in [0.1, 0.15) is 0 Å². The monoisotopic (exact) mass is 1650 g/mol. The van der Waals surface area contributed by atoms with Gasteiger partial charge in [-0.05, 0) is 109 Å². The average molecular weight is 1660 g/mol. The molecule has 0 unspecified atom stereocenters. The molecule has 0 saturated carbocycles. The van der Waals surface area contributed by atoms with E-state index < -0.39 is 0 Å². The summed E-state index contributed by atoms with van der Waals surface area (Å²) in [5.41, 5.74) is 23.7. The van der Waals surface area contributed by atoms with Crippen molar-refractivity contribution < 1.29 is 13.3 Å². The molecule has 0 amide bonds. The highest BCUT2D eigenvalue weighted by Gasteiger charge is 2.28. The summed E-state index contributed by atoms with van der Waals surface area (Å²) in [5, 5.41) is 18.2. The standard InChI is InChI=1S/C57H33N5O2.C57H33N5OS/c1-3-15-34(16-4-1)55-58-56(35-17-5-2-6-18-35)60-57(59-55)44-24-13-22-41-42-23-14-27-49(53(42)64-52(41)44)62-47-26-11-8-20-38(47)45-33-36(29-32-48(45)62)61-46-25-10-7-19-37(46)40-30-31-43-39-21-9-12-28-50(39)63-54(43)51(40)61;1-3-15-34(16-4-1)55-58-56(35-17-5-2-6-18-35)60-57(59-55)44-24-13-22-42-43-23-14-27-49(54(43)64-53(42)44)62-47-26-11-8-20-38(47)45-33-36(29-32-48(45)62)61-46-25-10-7-19-37(46)40-30-31-41-39-21-9-12-28-50(39)63-52(41)51(40)61/h2*1-33H. The molecule has 18 aromatic carbocycles. The lowest BCUT2D eigenvalue weighted by molar-refractivity contribution is 0.667. The lowest BCUT2D eigenvalue weighted by Crippen LogP contribution is -2.00. The molecular formula is C114H66N10O3S. The molecule has 13 nitrogen and oxygen atoms in total. The quantitative estimate of drug-likeness (QED) is 0.131. The first-order chi connectivity index (χ1) is 63.5. The number of nitrogens with zero attached hydrogens (tertiary/aromatic N) is 10. The van der Waals surface area contributed by atoms with E-state index in [1.165, 1.54) is 42.4 Å². The summed E-state index contributed by atoms with van der Waals surface area (Å²) in [6.45, 7) is 0. The van der Waals surface area contributed by atoms with E-state index in [1.807, 2.05) is 115 Å². The van der Waals surface area contributed by atoms with E-state index in [-0.39, 0.29) is 0 Å². The summed E-state index contributed by atoms with van der Waals surface area (Å²) in [6, 6.07) is 140. The number of fused-ring (bicyclic) bond motifs is 26. The molecule has 0 radical (unpaired) electrons. The summed E-state index contributed by atoms with van der Waals surface area (Å²) in [4.78, 5) is 30.3. The highest BCUT2D eigenvalue weighted by molar-refractivity contribution is 7.26. The molecule has 0 atom stereocenters. The van der Waals surface area contributed by atoms with Gasteiger partial charge in [0.25, 0.3) is 0 Å². The van der Waals surface area contributed by atoms with Crippen LogP contribution in [0.2, 0.25) is 0 Å². The van der Waals surface area contributed by atoms with Crippen LogP contribution >= 0.6 is 11.3 Å². The second-order valence-electron chi connectivity index (χ2n) is 32.6. The smallest absolute Gasteiger partial charge is 0.167 e. The molecule has 0 saturated heterocycles. The average Bonchev–Trinajstić information content (AvgIpc) is 1.56. The zero-order valence-electron chi connectivity index (χ0n) is 68.2. The molecule has 0 spiro atoms. The SMILES string of the molecule is c1ccc(-c2nc(-c3ccccc3)nc(-c3cccc4c3oc3c(-n5c6ccccc6c6cc(-n7c8ccccc8c8ccc9c%10ccccc%10oc9c87)ccc65)cccc34)n2)cc1.c1ccc(-c2nc(-c3ccccc3)nc(-c3cccc4c3sc3c(-n5c6ccccc6c6cc(-n7c8ccccc8c8ccc9c%10ccccc%10oc9c87)ccc65)cccc34)n2)cc1. The van der Waals surface area contributed by atoms with Crippen molar-refractivity contribution in [2.75, 3.05) is 0 Å². The molecule has 0 bridgehead atoms. The molecule has 28 rings (SSSR count). The van der Waals surface area contributed by atoms with E-state index in [4.69, 9.17) is 43.2 Å². The van der Waals surface area contributed by atoms with Gasteiger partial charge in [-0.2, -0.15) is 0 Å². The summed E-state index contributed by atoms with van der Waals surface area (Å²) >= 11 is 1.80. The summed E-state index contributed by atoms with van der Waals surface area (Å²) in [6.07, 6.45) is 0. The van der Waals surface area contributed by atoms with Crippen LogP contribution in [0.5, 0.6) is 0 Å². The molecule has 0 aliphatic rings. The van der Waals surface area contributed by atoms with Gasteiger partial charge in [0, 0.05) is 130 Å². The Kier molecular flexibility index (Phi) is 15.7. The van der Waals surface area contributed by atoms with Gasteiger partial charge in [-0.25, -0.2) is 29.9 Å². The number of thiophene rings is 1. The number of furan rings is 3. The molecule has 0 N–H and O–H groups in total. The van der Waals surface area contributed by atoms with E-state index >= 15 is 0 Å². The van der Waals surface area contributed by atoms with Gasteiger partial charge in [-0.1, -0.05) is 291 Å². The van der Waals surface area contributed by atoms with Gasteiger partial charge in [0.05, 0.1) is 65.8 Å². The van der Waals surface area contributed by atoms with E-state index in [0.717, 1.165) is 187 Å². The third kappa shape index (κ3) is 10.9. The Morgan fingerprint density at radius 1 is 0.188 bits per heavy atom. The van der Waals surface area contributed by atoms with E-state index in [0.29, 0.717) is 34.9 Å². The first-order valence-electron chi connectivity index (χ1n) is 42.9. The lowest BCUT2D eigenvalue weighted by Gasteiger charge is -2.11. The Morgan fingerprint density at radius 2 is 0.508 bits per heavy atom. The van der Waals surface area contributed by atoms with Crippen molar-refractivity contribution in [2.24, 2.45) is 0 Å². The zero-order chi connectivity index (χ0) is 83.8. The third-order valence-electron chi connectivity index (χ3n) is 25.6. The third-order valence-corrected chi connectivity index (χ3v) is 26.8. The molecule has 14 heteroatoms. The Bertz CT molecular complexity index is 8830. The minimum absolute atomic E-state index is 0.549. The van der Waals surface area contributed by atoms with Crippen LogP contribution in [0.15, 0.2) is 414 Å². The number of hydrogen-bond acceptors (Lipinski definition) is 10. The lowest BCUT2D eigenvalue weighted by atomic mass is 10.1. The van der Waals surface area contributed by atoms with E-state index in [9.17, 15) is 0 Å². The van der Waals surface area contributed by atoms with Crippen molar-refractivity contribution in [3.8, 4) is 91.1 Å². The number of hydrogen-bond donors (Lipinski definition) is 0. The maximum Gasteiger partial charge on any atom is 0.167 e. The van der Waals surface area contributed by atoms with Gasteiger partial charge in [0.1, 0.15) is 16.7 Å². The normalized spacial score (nSPS) is 12.1. The van der Waals surface area contributed by atoms with Gasteiger partial charge in [-0.15, -0.1) is 11.3 Å². The van der Waals surface area contributed by atoms with E-state index in [2.05, 4.69) is 303 Å². The van der Waals surface area contributed by atoms with Crippen molar-refractivity contribution in [3.63, 3.8) is 0 Å². The van der Waals surface area contributed by atoms with Crippen LogP contribution in [0.3, 0.4) is 0 Å². The van der Waals surface area contributed by atoms with Crippen LogP contribution < -0.4 is 0 Å². The van der Waals surface area contributed by atoms with Gasteiger partial charge in [-0.3, -0.25) is 0 Å². The molecule has 10 heterocycles. The fraction of sp³-hybridized carbons (Fsp3) is 0. The van der Waals surface area contributed by atoms with Crippen molar-refractivity contribution in [1.29, 1.82) is 0 Å². The topological polar surface area (TPSA) is 136 Å². The van der Waals surface area contributed by atoms with Crippen molar-refractivity contribution >= 4 is 185 Å². The van der Waals surface area contributed by atoms with Crippen LogP contribution in [0, 0.1) is 0 Å². The molecular weight excluding hydrogens is 1590 g/mol. The van der Waals surface area contributed by atoms with Crippen LogP contribution in [0.25, 0.3) is 264 Å². The number of rotatable bonds is 10. The van der Waals surface area contributed by atoms with Gasteiger partial charge >= 0.3 is 0 Å². The minimum Gasteiger partial charge on any atom is -0.454 e. The number of aromatic nitrogens is 10. The zero-order valence-corrected chi connectivity index (χ0v) is 69.0. The second-order valence-corrected chi connectivity index (χ2v) is 33.7. The second kappa shape index (κ2) is 28.2. The summed E-state index contributed by atoms with van der Waals surface area (Å²) < 4.78 is 32.4. The van der Waals surface area contributed by atoms with Gasteiger partial charge in [0.2, 0.25) is 0 Å². The molecule has 0 fully saturated rings. The highest BCUT2D eigenvalue weighted by atomic mass is 32.1. The maximum atomic E-state index is 7.09. The molecule has 0 aliphatic carbocycles.